The topological polar surface area (TPSA) is 67.9 Å². The molecular weight excluding hydrogens is 376 g/mol. The molecule has 1 N–H and O–H groups in total. The molecule has 0 atom stereocenters. The molecule has 0 aromatic heterocycles. The smallest absolute Gasteiger partial charge is 0.244 e. The first-order valence-corrected chi connectivity index (χ1v) is 8.06. The van der Waals surface area contributed by atoms with Crippen LogP contribution < -0.4 is 19.7 Å². The van der Waals surface area contributed by atoms with Gasteiger partial charge in [-0.1, -0.05) is 12.1 Å². The lowest BCUT2D eigenvalue weighted by Gasteiger charge is -2.21. The molecule has 0 unspecified atom stereocenters. The number of carbonyl (C=O) groups is 2. The molecular formula is C17H15BrN2O4. The summed E-state index contributed by atoms with van der Waals surface area (Å²) in [7, 11) is 0. The molecule has 0 saturated carbocycles. The molecule has 0 fully saturated rings. The van der Waals surface area contributed by atoms with Crippen molar-refractivity contribution in [3.05, 3.63) is 46.9 Å². The maximum absolute atomic E-state index is 12.3. The zero-order chi connectivity index (χ0) is 17.1. The fourth-order valence-electron chi connectivity index (χ4n) is 2.33. The van der Waals surface area contributed by atoms with Crippen molar-refractivity contribution in [1.82, 2.24) is 0 Å². The Hall–Kier alpha value is -2.54. The summed E-state index contributed by atoms with van der Waals surface area (Å²) in [6, 6.07) is 12.4. The molecule has 3 rings (SSSR count). The molecule has 124 valence electrons. The van der Waals surface area contributed by atoms with Gasteiger partial charge in [-0.15, -0.1) is 0 Å². The average Bonchev–Trinajstić information content (AvgIpc) is 3.02. The number of amides is 2. The van der Waals surface area contributed by atoms with E-state index >= 15 is 0 Å². The van der Waals surface area contributed by atoms with Crippen molar-refractivity contribution in [2.24, 2.45) is 0 Å². The highest BCUT2D eigenvalue weighted by Crippen LogP contribution is 2.35. The highest BCUT2D eigenvalue weighted by Gasteiger charge is 2.20. The normalized spacial score (nSPS) is 11.9. The average molecular weight is 391 g/mol. The molecule has 1 heterocycles. The maximum Gasteiger partial charge on any atom is 0.244 e. The number of nitrogens with zero attached hydrogens (tertiary/aromatic N) is 1. The number of nitrogens with one attached hydrogen (secondary N) is 1. The molecule has 6 nitrogen and oxygen atoms in total. The number of para-hydroxylation sites is 1. The molecule has 1 aliphatic rings. The third-order valence-electron chi connectivity index (χ3n) is 3.50. The van der Waals surface area contributed by atoms with Crippen LogP contribution in [0.4, 0.5) is 11.4 Å². The molecule has 2 amide bonds. The van der Waals surface area contributed by atoms with Gasteiger partial charge < -0.3 is 19.7 Å². The van der Waals surface area contributed by atoms with Crippen LogP contribution in [0.1, 0.15) is 6.92 Å². The second kappa shape index (κ2) is 6.92. The Morgan fingerprint density at radius 3 is 2.67 bits per heavy atom. The molecule has 0 spiro atoms. The van der Waals surface area contributed by atoms with Gasteiger partial charge in [-0.05, 0) is 40.2 Å². The lowest BCUT2D eigenvalue weighted by atomic mass is 10.2. The number of fused-ring (bicyclic) bond motifs is 1. The Balaban J connectivity index is 1.76. The fourth-order valence-corrected chi connectivity index (χ4v) is 2.72. The Bertz CT molecular complexity index is 794. The molecule has 7 heteroatoms. The molecule has 1 aliphatic heterocycles. The standard InChI is InChI=1S/C17H15BrN2O4/c1-11(21)20(12-6-7-15-16(8-12)24-10-23-15)9-17(22)19-14-5-3-2-4-13(14)18/h2-8H,9-10H2,1H3,(H,19,22). The van der Waals surface area contributed by atoms with Gasteiger partial charge in [0, 0.05) is 23.2 Å². The van der Waals surface area contributed by atoms with E-state index in [9.17, 15) is 9.59 Å². The second-order valence-electron chi connectivity index (χ2n) is 5.17. The maximum atomic E-state index is 12.3. The van der Waals surface area contributed by atoms with E-state index in [0.29, 0.717) is 22.9 Å². The number of anilines is 2. The van der Waals surface area contributed by atoms with Gasteiger partial charge in [0.1, 0.15) is 6.54 Å². The van der Waals surface area contributed by atoms with Gasteiger partial charge in [-0.25, -0.2) is 0 Å². The minimum atomic E-state index is -0.297. The largest absolute Gasteiger partial charge is 0.454 e. The quantitative estimate of drug-likeness (QED) is 0.870. The number of rotatable bonds is 4. The predicted octanol–water partition coefficient (Wildman–Crippen LogP) is 3.17. The summed E-state index contributed by atoms with van der Waals surface area (Å²) in [6.45, 7) is 1.47. The van der Waals surface area contributed by atoms with Crippen LogP contribution in [0.3, 0.4) is 0 Å². The van der Waals surface area contributed by atoms with Crippen LogP contribution in [0, 0.1) is 0 Å². The van der Waals surface area contributed by atoms with E-state index in [1.165, 1.54) is 11.8 Å². The van der Waals surface area contributed by atoms with Crippen LogP contribution in [0.15, 0.2) is 46.9 Å². The van der Waals surface area contributed by atoms with Crippen molar-refractivity contribution in [1.29, 1.82) is 0 Å². The molecule has 0 radical (unpaired) electrons. The summed E-state index contributed by atoms with van der Waals surface area (Å²) in [4.78, 5) is 25.7. The van der Waals surface area contributed by atoms with Crippen molar-refractivity contribution in [2.45, 2.75) is 6.92 Å². The lowest BCUT2D eigenvalue weighted by molar-refractivity contribution is -0.120. The first-order valence-electron chi connectivity index (χ1n) is 7.27. The van der Waals surface area contributed by atoms with Crippen molar-refractivity contribution < 1.29 is 19.1 Å². The van der Waals surface area contributed by atoms with Crippen LogP contribution in [0.25, 0.3) is 0 Å². The SMILES string of the molecule is CC(=O)N(CC(=O)Nc1ccccc1Br)c1ccc2c(c1)OCO2. The molecule has 0 saturated heterocycles. The van der Waals surface area contributed by atoms with Gasteiger partial charge in [0.2, 0.25) is 18.6 Å². The van der Waals surface area contributed by atoms with Crippen LogP contribution in [-0.4, -0.2) is 25.2 Å². The highest BCUT2D eigenvalue weighted by atomic mass is 79.9. The Labute approximate surface area is 147 Å². The monoisotopic (exact) mass is 390 g/mol. The number of carbonyl (C=O) groups excluding carboxylic acids is 2. The van der Waals surface area contributed by atoms with E-state index in [-0.39, 0.29) is 25.2 Å². The highest BCUT2D eigenvalue weighted by molar-refractivity contribution is 9.10. The van der Waals surface area contributed by atoms with E-state index in [1.54, 1.807) is 24.3 Å². The third kappa shape index (κ3) is 3.51. The van der Waals surface area contributed by atoms with Crippen molar-refractivity contribution >= 4 is 39.1 Å². The summed E-state index contributed by atoms with van der Waals surface area (Å²) in [5.41, 5.74) is 1.23. The van der Waals surface area contributed by atoms with Crippen molar-refractivity contribution in [2.75, 3.05) is 23.6 Å². The van der Waals surface area contributed by atoms with E-state index < -0.39 is 0 Å². The zero-order valence-corrected chi connectivity index (χ0v) is 14.5. The van der Waals surface area contributed by atoms with Gasteiger partial charge in [0.15, 0.2) is 11.5 Å². The van der Waals surface area contributed by atoms with Gasteiger partial charge in [0.25, 0.3) is 0 Å². The molecule has 2 aromatic carbocycles. The minimum absolute atomic E-state index is 0.101. The van der Waals surface area contributed by atoms with Crippen LogP contribution in [0.2, 0.25) is 0 Å². The van der Waals surface area contributed by atoms with Crippen LogP contribution in [0.5, 0.6) is 11.5 Å². The van der Waals surface area contributed by atoms with E-state index in [4.69, 9.17) is 9.47 Å². The van der Waals surface area contributed by atoms with E-state index in [2.05, 4.69) is 21.2 Å². The van der Waals surface area contributed by atoms with Gasteiger partial charge in [-0.3, -0.25) is 9.59 Å². The second-order valence-corrected chi connectivity index (χ2v) is 6.03. The predicted molar refractivity (Wildman–Crippen MR) is 93.4 cm³/mol. The Kier molecular flexibility index (Phi) is 4.71. The van der Waals surface area contributed by atoms with Gasteiger partial charge in [-0.2, -0.15) is 0 Å². The summed E-state index contributed by atoms with van der Waals surface area (Å²) in [5.74, 6) is 0.649. The zero-order valence-electron chi connectivity index (χ0n) is 12.9. The number of benzene rings is 2. The minimum Gasteiger partial charge on any atom is -0.454 e. The summed E-state index contributed by atoms with van der Waals surface area (Å²) in [5, 5.41) is 2.78. The number of halogens is 1. The summed E-state index contributed by atoms with van der Waals surface area (Å²) < 4.78 is 11.3. The summed E-state index contributed by atoms with van der Waals surface area (Å²) >= 11 is 3.37. The summed E-state index contributed by atoms with van der Waals surface area (Å²) in [6.07, 6.45) is 0. The van der Waals surface area contributed by atoms with Gasteiger partial charge >= 0.3 is 0 Å². The Morgan fingerprint density at radius 1 is 1.17 bits per heavy atom. The van der Waals surface area contributed by atoms with Crippen LogP contribution >= 0.6 is 15.9 Å². The first-order chi connectivity index (χ1) is 11.5. The van der Waals surface area contributed by atoms with Crippen molar-refractivity contribution in [3.8, 4) is 11.5 Å². The van der Waals surface area contributed by atoms with Gasteiger partial charge in [0.05, 0.1) is 5.69 Å². The molecule has 24 heavy (non-hydrogen) atoms. The lowest BCUT2D eigenvalue weighted by Crippen LogP contribution is -2.36. The molecule has 2 aromatic rings. The number of ether oxygens (including phenoxy) is 2. The molecule has 0 aliphatic carbocycles. The number of hydrogen-bond donors (Lipinski definition) is 1. The first kappa shape index (κ1) is 16.3. The van der Waals surface area contributed by atoms with Crippen LogP contribution in [-0.2, 0) is 9.59 Å². The Morgan fingerprint density at radius 2 is 1.92 bits per heavy atom. The molecule has 0 bridgehead atoms. The van der Waals surface area contributed by atoms with E-state index in [0.717, 1.165) is 4.47 Å². The van der Waals surface area contributed by atoms with E-state index in [1.807, 2.05) is 18.2 Å². The van der Waals surface area contributed by atoms with Crippen molar-refractivity contribution in [3.63, 3.8) is 0 Å². The third-order valence-corrected chi connectivity index (χ3v) is 4.19. The number of hydrogen-bond acceptors (Lipinski definition) is 4. The fraction of sp³-hybridized carbons (Fsp3) is 0.176.